The lowest BCUT2D eigenvalue weighted by Gasteiger charge is -2.22. The molecule has 1 fully saturated rings. The standard InChI is InChI=1S/C13H12BrF3O2/c14-10-3-1-2-9(6-10)12(19)5-4-8(11(12)18)7-13(15,16)17/h1-3,6,8,19H,4-5,7H2/t8?,12-/m1/s1. The van der Waals surface area contributed by atoms with E-state index in [2.05, 4.69) is 15.9 Å². The molecule has 0 radical (unpaired) electrons. The van der Waals surface area contributed by atoms with Gasteiger partial charge in [0.25, 0.3) is 0 Å². The molecule has 6 heteroatoms. The largest absolute Gasteiger partial charge is 0.389 e. The highest BCUT2D eigenvalue weighted by molar-refractivity contribution is 9.10. The first-order valence-electron chi connectivity index (χ1n) is 5.82. The maximum Gasteiger partial charge on any atom is 0.389 e. The number of ketones is 1. The van der Waals surface area contributed by atoms with Gasteiger partial charge < -0.3 is 5.11 Å². The topological polar surface area (TPSA) is 37.3 Å². The average molecular weight is 337 g/mol. The predicted molar refractivity (Wildman–Crippen MR) is 66.4 cm³/mol. The number of aliphatic hydroxyl groups is 1. The summed E-state index contributed by atoms with van der Waals surface area (Å²) in [5.41, 5.74) is -1.45. The summed E-state index contributed by atoms with van der Waals surface area (Å²) in [4.78, 5) is 12.1. The number of alkyl halides is 3. The number of rotatable bonds is 2. The van der Waals surface area contributed by atoms with E-state index in [1.807, 2.05) is 0 Å². The van der Waals surface area contributed by atoms with E-state index in [-0.39, 0.29) is 12.8 Å². The van der Waals surface area contributed by atoms with Gasteiger partial charge in [0, 0.05) is 10.4 Å². The molecule has 1 saturated carbocycles. The molecule has 1 N–H and O–H groups in total. The van der Waals surface area contributed by atoms with Gasteiger partial charge in [0.1, 0.15) is 5.60 Å². The highest BCUT2D eigenvalue weighted by Gasteiger charge is 2.50. The molecular weight excluding hydrogens is 325 g/mol. The van der Waals surface area contributed by atoms with E-state index < -0.39 is 29.9 Å². The van der Waals surface area contributed by atoms with Crippen molar-refractivity contribution in [2.24, 2.45) is 5.92 Å². The van der Waals surface area contributed by atoms with Crippen molar-refractivity contribution >= 4 is 21.7 Å². The van der Waals surface area contributed by atoms with Gasteiger partial charge in [0.05, 0.1) is 6.42 Å². The Morgan fingerprint density at radius 1 is 1.42 bits per heavy atom. The van der Waals surface area contributed by atoms with Crippen molar-refractivity contribution in [2.75, 3.05) is 0 Å². The highest BCUT2D eigenvalue weighted by Crippen LogP contribution is 2.43. The summed E-state index contributed by atoms with van der Waals surface area (Å²) in [6.45, 7) is 0. The second-order valence-electron chi connectivity index (χ2n) is 4.79. The minimum absolute atomic E-state index is 0.0308. The number of benzene rings is 1. The number of Topliss-reactive ketones (excluding diaryl/α,β-unsaturated/α-hetero) is 1. The molecule has 1 aliphatic rings. The zero-order chi connectivity index (χ0) is 14.3. The Morgan fingerprint density at radius 3 is 2.68 bits per heavy atom. The third-order valence-electron chi connectivity index (χ3n) is 3.41. The molecule has 1 aromatic rings. The Kier molecular flexibility index (Phi) is 3.75. The van der Waals surface area contributed by atoms with Gasteiger partial charge in [0.15, 0.2) is 5.78 Å². The summed E-state index contributed by atoms with van der Waals surface area (Å²) in [5.74, 6) is -1.88. The molecule has 0 aliphatic heterocycles. The Labute approximate surface area is 116 Å². The minimum atomic E-state index is -4.39. The van der Waals surface area contributed by atoms with Crippen LogP contribution in [0.25, 0.3) is 0 Å². The second-order valence-corrected chi connectivity index (χ2v) is 5.71. The fourth-order valence-electron chi connectivity index (χ4n) is 2.48. The lowest BCUT2D eigenvalue weighted by molar-refractivity contribution is -0.156. The van der Waals surface area contributed by atoms with Crippen LogP contribution in [0.3, 0.4) is 0 Å². The molecule has 1 unspecified atom stereocenters. The molecule has 0 saturated heterocycles. The van der Waals surface area contributed by atoms with Crippen LogP contribution in [-0.2, 0) is 10.4 Å². The van der Waals surface area contributed by atoms with E-state index in [1.54, 1.807) is 24.3 Å². The summed E-state index contributed by atoms with van der Waals surface area (Å²) in [7, 11) is 0. The zero-order valence-electron chi connectivity index (χ0n) is 9.88. The predicted octanol–water partition coefficient (Wildman–Crippen LogP) is 3.57. The van der Waals surface area contributed by atoms with Crippen LogP contribution in [0.5, 0.6) is 0 Å². The fourth-order valence-corrected chi connectivity index (χ4v) is 2.88. The van der Waals surface area contributed by atoms with Crippen LogP contribution in [0, 0.1) is 5.92 Å². The summed E-state index contributed by atoms with van der Waals surface area (Å²) in [6, 6.07) is 6.48. The van der Waals surface area contributed by atoms with E-state index in [9.17, 15) is 23.1 Å². The molecule has 1 aliphatic carbocycles. The summed E-state index contributed by atoms with van der Waals surface area (Å²) in [5, 5.41) is 10.4. The van der Waals surface area contributed by atoms with Crippen LogP contribution in [0.1, 0.15) is 24.8 Å². The molecule has 2 atom stereocenters. The van der Waals surface area contributed by atoms with Crippen LogP contribution in [0.4, 0.5) is 13.2 Å². The van der Waals surface area contributed by atoms with Gasteiger partial charge in [0.2, 0.25) is 0 Å². The van der Waals surface area contributed by atoms with Crippen molar-refractivity contribution < 1.29 is 23.1 Å². The average Bonchev–Trinajstić information content (AvgIpc) is 2.57. The highest BCUT2D eigenvalue weighted by atomic mass is 79.9. The van der Waals surface area contributed by atoms with E-state index in [4.69, 9.17) is 0 Å². The van der Waals surface area contributed by atoms with Crippen LogP contribution in [0.2, 0.25) is 0 Å². The van der Waals surface area contributed by atoms with Crippen molar-refractivity contribution in [1.82, 2.24) is 0 Å². The molecule has 104 valence electrons. The van der Waals surface area contributed by atoms with E-state index in [1.165, 1.54) is 0 Å². The Bertz CT molecular complexity index is 501. The van der Waals surface area contributed by atoms with Crippen LogP contribution < -0.4 is 0 Å². The zero-order valence-corrected chi connectivity index (χ0v) is 11.5. The molecule has 0 amide bonds. The molecule has 1 aromatic carbocycles. The van der Waals surface area contributed by atoms with Gasteiger partial charge in [-0.05, 0) is 30.5 Å². The molecule has 19 heavy (non-hydrogen) atoms. The molecule has 0 bridgehead atoms. The first kappa shape index (κ1) is 14.5. The second kappa shape index (κ2) is 4.90. The number of carbonyl (C=O) groups is 1. The SMILES string of the molecule is O=C1C(CC(F)(F)F)CC[C@@]1(O)c1cccc(Br)c1. The van der Waals surface area contributed by atoms with Crippen LogP contribution >= 0.6 is 15.9 Å². The summed E-state index contributed by atoms with van der Waals surface area (Å²) >= 11 is 3.21. The van der Waals surface area contributed by atoms with Crippen molar-refractivity contribution in [1.29, 1.82) is 0 Å². The maximum atomic E-state index is 12.4. The third-order valence-corrected chi connectivity index (χ3v) is 3.91. The van der Waals surface area contributed by atoms with Crippen LogP contribution in [-0.4, -0.2) is 17.1 Å². The molecular formula is C13H12BrF3O2. The van der Waals surface area contributed by atoms with Crippen molar-refractivity contribution in [2.45, 2.75) is 31.0 Å². The van der Waals surface area contributed by atoms with Gasteiger partial charge in [-0.2, -0.15) is 13.2 Å². The van der Waals surface area contributed by atoms with Gasteiger partial charge in [-0.1, -0.05) is 28.1 Å². The summed E-state index contributed by atoms with van der Waals surface area (Å²) in [6.07, 6.45) is -5.46. The molecule has 0 aromatic heterocycles. The number of hydrogen-bond donors (Lipinski definition) is 1. The van der Waals surface area contributed by atoms with Gasteiger partial charge in [-0.25, -0.2) is 0 Å². The number of halogens is 4. The lowest BCUT2D eigenvalue weighted by atomic mass is 9.89. The first-order valence-corrected chi connectivity index (χ1v) is 6.61. The van der Waals surface area contributed by atoms with Crippen molar-refractivity contribution in [3.8, 4) is 0 Å². The van der Waals surface area contributed by atoms with Crippen molar-refractivity contribution in [3.63, 3.8) is 0 Å². The van der Waals surface area contributed by atoms with Gasteiger partial charge >= 0.3 is 6.18 Å². The van der Waals surface area contributed by atoms with E-state index in [0.29, 0.717) is 10.0 Å². The number of hydrogen-bond acceptors (Lipinski definition) is 2. The van der Waals surface area contributed by atoms with E-state index in [0.717, 1.165) is 0 Å². The Hall–Kier alpha value is -0.880. The molecule has 2 rings (SSSR count). The van der Waals surface area contributed by atoms with Crippen molar-refractivity contribution in [3.05, 3.63) is 34.3 Å². The van der Waals surface area contributed by atoms with Crippen LogP contribution in [0.15, 0.2) is 28.7 Å². The minimum Gasteiger partial charge on any atom is -0.377 e. The summed E-state index contributed by atoms with van der Waals surface area (Å²) < 4.78 is 37.7. The smallest absolute Gasteiger partial charge is 0.377 e. The quantitative estimate of drug-likeness (QED) is 0.896. The molecule has 0 spiro atoms. The molecule has 2 nitrogen and oxygen atoms in total. The lowest BCUT2D eigenvalue weighted by Crippen LogP contribution is -2.34. The van der Waals surface area contributed by atoms with Gasteiger partial charge in [-0.3, -0.25) is 4.79 Å². The normalized spacial score (nSPS) is 27.8. The van der Waals surface area contributed by atoms with E-state index >= 15 is 0 Å². The third kappa shape index (κ3) is 3.00. The van der Waals surface area contributed by atoms with Gasteiger partial charge in [-0.15, -0.1) is 0 Å². The number of carbonyl (C=O) groups excluding carboxylic acids is 1. The Morgan fingerprint density at radius 2 is 2.11 bits per heavy atom. The maximum absolute atomic E-state index is 12.4. The first-order chi connectivity index (χ1) is 8.72. The monoisotopic (exact) mass is 336 g/mol. The fraction of sp³-hybridized carbons (Fsp3) is 0.462. The molecule has 0 heterocycles. The Balaban J connectivity index is 2.25.